The topological polar surface area (TPSA) is 82.8 Å². The van der Waals surface area contributed by atoms with Gasteiger partial charge in [0.05, 0.1) is 5.56 Å². The summed E-state index contributed by atoms with van der Waals surface area (Å²) in [7, 11) is 0. The molecule has 6 heteroatoms. The second-order valence-electron chi connectivity index (χ2n) is 5.16. The van der Waals surface area contributed by atoms with Crippen LogP contribution < -0.4 is 5.32 Å². The van der Waals surface area contributed by atoms with E-state index in [1.54, 1.807) is 0 Å². The number of carboxylic acid groups (broad SMARTS) is 1. The molecule has 1 amide bonds. The highest BCUT2D eigenvalue weighted by molar-refractivity contribution is 5.95. The number of aromatic carboxylic acids is 1. The first kappa shape index (κ1) is 14.6. The average Bonchev–Trinajstić information content (AvgIpc) is 2.95. The number of rotatable bonds is 5. The molecule has 1 aliphatic rings. The van der Waals surface area contributed by atoms with Crippen molar-refractivity contribution < 1.29 is 19.1 Å². The van der Waals surface area contributed by atoms with Gasteiger partial charge in [0.2, 0.25) is 0 Å². The van der Waals surface area contributed by atoms with Gasteiger partial charge in [-0.15, -0.1) is 0 Å². The van der Waals surface area contributed by atoms with Crippen LogP contribution in [0.2, 0.25) is 0 Å². The van der Waals surface area contributed by atoms with Gasteiger partial charge in [0.25, 0.3) is 5.91 Å². The Morgan fingerprint density at radius 3 is 2.70 bits per heavy atom. The van der Waals surface area contributed by atoms with E-state index in [2.05, 4.69) is 17.1 Å². The van der Waals surface area contributed by atoms with Gasteiger partial charge in [-0.05, 0) is 32.9 Å². The van der Waals surface area contributed by atoms with Gasteiger partial charge in [0.15, 0.2) is 5.76 Å². The quantitative estimate of drug-likeness (QED) is 0.855. The first-order valence-corrected chi connectivity index (χ1v) is 6.92. The van der Waals surface area contributed by atoms with Crippen molar-refractivity contribution in [2.45, 2.75) is 32.2 Å². The molecule has 0 spiro atoms. The Kier molecular flexibility index (Phi) is 4.79. The Balaban J connectivity index is 1.83. The summed E-state index contributed by atoms with van der Waals surface area (Å²) in [5.41, 5.74) is -0.0146. The summed E-state index contributed by atoms with van der Waals surface area (Å²) < 4.78 is 4.96. The molecular formula is C14H20N2O4. The van der Waals surface area contributed by atoms with Crippen molar-refractivity contribution in [2.24, 2.45) is 0 Å². The highest BCUT2D eigenvalue weighted by atomic mass is 16.4. The molecule has 1 aliphatic heterocycles. The number of nitrogens with zero attached hydrogens (tertiary/aromatic N) is 1. The molecule has 1 unspecified atom stereocenters. The summed E-state index contributed by atoms with van der Waals surface area (Å²) in [6.07, 6.45) is 4.77. The molecule has 0 saturated carbocycles. The van der Waals surface area contributed by atoms with Crippen LogP contribution in [0.1, 0.15) is 47.1 Å². The minimum Gasteiger partial charge on any atom is -0.478 e. The molecular weight excluding hydrogens is 260 g/mol. The summed E-state index contributed by atoms with van der Waals surface area (Å²) >= 11 is 0. The van der Waals surface area contributed by atoms with E-state index in [1.807, 2.05) is 0 Å². The lowest BCUT2D eigenvalue weighted by atomic mass is 10.1. The Morgan fingerprint density at radius 1 is 1.40 bits per heavy atom. The molecule has 0 bridgehead atoms. The third kappa shape index (κ3) is 3.60. The summed E-state index contributed by atoms with van der Waals surface area (Å²) in [5.74, 6) is -1.44. The van der Waals surface area contributed by atoms with Crippen molar-refractivity contribution in [3.8, 4) is 0 Å². The Morgan fingerprint density at radius 2 is 2.10 bits per heavy atom. The third-order valence-corrected chi connectivity index (χ3v) is 3.64. The number of carboxylic acids is 1. The van der Waals surface area contributed by atoms with Gasteiger partial charge in [-0.2, -0.15) is 0 Å². The van der Waals surface area contributed by atoms with Crippen LogP contribution in [0.25, 0.3) is 0 Å². The second-order valence-corrected chi connectivity index (χ2v) is 5.16. The number of hydrogen-bond donors (Lipinski definition) is 2. The number of carbonyl (C=O) groups is 2. The molecule has 0 aromatic carbocycles. The van der Waals surface area contributed by atoms with Gasteiger partial charge in [-0.1, -0.05) is 6.42 Å². The van der Waals surface area contributed by atoms with Crippen molar-refractivity contribution in [2.75, 3.05) is 19.6 Å². The highest BCUT2D eigenvalue weighted by Crippen LogP contribution is 2.12. The summed E-state index contributed by atoms with van der Waals surface area (Å²) in [4.78, 5) is 24.9. The SMILES string of the molecule is CC(CNC(=O)c1cc(C(=O)O)co1)N1CCCCC1. The predicted octanol–water partition coefficient (Wildman–Crippen LogP) is 1.58. The molecule has 110 valence electrons. The molecule has 2 rings (SSSR count). The number of nitrogens with one attached hydrogen (secondary N) is 1. The zero-order valence-electron chi connectivity index (χ0n) is 11.6. The van der Waals surface area contributed by atoms with Crippen LogP contribution >= 0.6 is 0 Å². The van der Waals surface area contributed by atoms with E-state index < -0.39 is 5.97 Å². The third-order valence-electron chi connectivity index (χ3n) is 3.64. The number of piperidine rings is 1. The van der Waals surface area contributed by atoms with Crippen LogP contribution in [-0.2, 0) is 0 Å². The first-order valence-electron chi connectivity index (χ1n) is 6.92. The molecule has 0 aliphatic carbocycles. The molecule has 1 aromatic heterocycles. The fourth-order valence-corrected chi connectivity index (χ4v) is 2.38. The predicted molar refractivity (Wildman–Crippen MR) is 72.9 cm³/mol. The minimum atomic E-state index is -1.10. The number of hydrogen-bond acceptors (Lipinski definition) is 4. The van der Waals surface area contributed by atoms with Crippen LogP contribution in [0.15, 0.2) is 16.7 Å². The molecule has 1 aromatic rings. The van der Waals surface area contributed by atoms with Gasteiger partial charge in [0.1, 0.15) is 6.26 Å². The summed E-state index contributed by atoms with van der Waals surface area (Å²) in [5, 5.41) is 11.6. The van der Waals surface area contributed by atoms with Crippen LogP contribution in [0.4, 0.5) is 0 Å². The maximum absolute atomic E-state index is 11.9. The summed E-state index contributed by atoms with van der Waals surface area (Å²) in [6, 6.07) is 1.51. The van der Waals surface area contributed by atoms with E-state index in [1.165, 1.54) is 25.3 Å². The maximum Gasteiger partial charge on any atom is 0.338 e. The monoisotopic (exact) mass is 280 g/mol. The minimum absolute atomic E-state index is 0.0146. The van der Waals surface area contributed by atoms with E-state index in [0.29, 0.717) is 6.54 Å². The van der Waals surface area contributed by atoms with Crippen molar-refractivity contribution >= 4 is 11.9 Å². The zero-order valence-corrected chi connectivity index (χ0v) is 11.6. The molecule has 0 radical (unpaired) electrons. The standard InChI is InChI=1S/C14H20N2O4/c1-10(16-5-3-2-4-6-16)8-15-13(17)12-7-11(9-20-12)14(18)19/h7,9-10H,2-6,8H2,1H3,(H,15,17)(H,18,19). The van der Waals surface area contributed by atoms with Crippen LogP contribution in [0.3, 0.4) is 0 Å². The lowest BCUT2D eigenvalue weighted by Crippen LogP contribution is -2.44. The molecule has 2 heterocycles. The van der Waals surface area contributed by atoms with Gasteiger partial charge in [-0.3, -0.25) is 9.69 Å². The van der Waals surface area contributed by atoms with Crippen molar-refractivity contribution in [1.29, 1.82) is 0 Å². The maximum atomic E-state index is 11.9. The number of furan rings is 1. The number of amides is 1. The van der Waals surface area contributed by atoms with E-state index in [0.717, 1.165) is 19.4 Å². The van der Waals surface area contributed by atoms with Crippen molar-refractivity contribution in [3.63, 3.8) is 0 Å². The fraction of sp³-hybridized carbons (Fsp3) is 0.571. The van der Waals surface area contributed by atoms with Crippen LogP contribution in [0, 0.1) is 0 Å². The molecule has 6 nitrogen and oxygen atoms in total. The van der Waals surface area contributed by atoms with Gasteiger partial charge < -0.3 is 14.8 Å². The normalized spacial score (nSPS) is 17.6. The summed E-state index contributed by atoms with van der Waals surface area (Å²) in [6.45, 7) is 4.75. The lowest BCUT2D eigenvalue weighted by molar-refractivity contribution is 0.0696. The molecule has 20 heavy (non-hydrogen) atoms. The largest absolute Gasteiger partial charge is 0.478 e. The van der Waals surface area contributed by atoms with Crippen molar-refractivity contribution in [3.05, 3.63) is 23.7 Å². The van der Waals surface area contributed by atoms with Gasteiger partial charge >= 0.3 is 5.97 Å². The lowest BCUT2D eigenvalue weighted by Gasteiger charge is -2.32. The van der Waals surface area contributed by atoms with Crippen LogP contribution in [0.5, 0.6) is 0 Å². The van der Waals surface area contributed by atoms with Gasteiger partial charge in [-0.25, -0.2) is 4.79 Å². The second kappa shape index (κ2) is 6.56. The number of likely N-dealkylation sites (tertiary alicyclic amines) is 1. The Labute approximate surface area is 117 Å². The Bertz CT molecular complexity index is 477. The van der Waals surface area contributed by atoms with E-state index in [-0.39, 0.29) is 23.3 Å². The first-order chi connectivity index (χ1) is 9.58. The molecule has 1 fully saturated rings. The van der Waals surface area contributed by atoms with E-state index in [9.17, 15) is 9.59 Å². The molecule has 1 atom stereocenters. The smallest absolute Gasteiger partial charge is 0.338 e. The molecule has 1 saturated heterocycles. The fourth-order valence-electron chi connectivity index (χ4n) is 2.38. The average molecular weight is 280 g/mol. The highest BCUT2D eigenvalue weighted by Gasteiger charge is 2.19. The Hall–Kier alpha value is -1.82. The van der Waals surface area contributed by atoms with E-state index in [4.69, 9.17) is 9.52 Å². The van der Waals surface area contributed by atoms with Crippen molar-refractivity contribution in [1.82, 2.24) is 10.2 Å². The molecule has 2 N–H and O–H groups in total. The van der Waals surface area contributed by atoms with E-state index >= 15 is 0 Å². The van der Waals surface area contributed by atoms with Crippen LogP contribution in [-0.4, -0.2) is 47.6 Å². The van der Waals surface area contributed by atoms with Gasteiger partial charge in [0, 0.05) is 18.7 Å². The zero-order chi connectivity index (χ0) is 14.5. The number of carbonyl (C=O) groups excluding carboxylic acids is 1.